The zero-order valence-electron chi connectivity index (χ0n) is 24.4. The maximum absolute atomic E-state index is 13.7. The van der Waals surface area contributed by atoms with Crippen molar-refractivity contribution in [1.82, 2.24) is 20.0 Å². The molecule has 0 aliphatic carbocycles. The lowest BCUT2D eigenvalue weighted by atomic mass is 10.1. The van der Waals surface area contributed by atoms with E-state index in [-0.39, 0.29) is 24.4 Å². The maximum atomic E-state index is 13.7. The molecule has 1 aliphatic rings. The van der Waals surface area contributed by atoms with Crippen LogP contribution in [0.4, 0.5) is 5.82 Å². The molecule has 0 N–H and O–H groups in total. The highest BCUT2D eigenvalue weighted by atomic mass is 35.5. The molecule has 2 heterocycles. The Bertz CT molecular complexity index is 1560. The average Bonchev–Trinajstić information content (AvgIpc) is 3.07. The lowest BCUT2D eigenvalue weighted by Gasteiger charge is -2.37. The summed E-state index contributed by atoms with van der Waals surface area (Å²) in [4.78, 5) is 32.7. The molecule has 222 valence electrons. The zero-order valence-corrected chi connectivity index (χ0v) is 25.2. The minimum absolute atomic E-state index is 0.0556. The molecule has 43 heavy (non-hydrogen) atoms. The molecule has 0 radical (unpaired) electrons. The number of aromatic nitrogens is 2. The number of nitrogens with zero attached hydrogens (tertiary/aromatic N) is 5. The van der Waals surface area contributed by atoms with Crippen LogP contribution in [-0.2, 0) is 4.79 Å². The molecule has 1 atom stereocenters. The van der Waals surface area contributed by atoms with E-state index in [9.17, 15) is 9.59 Å². The van der Waals surface area contributed by atoms with E-state index < -0.39 is 0 Å². The Morgan fingerprint density at radius 2 is 1.56 bits per heavy atom. The molecule has 1 saturated heterocycles. The maximum Gasteiger partial charge on any atom is 0.256 e. The molecule has 0 spiro atoms. The number of rotatable bonds is 9. The van der Waals surface area contributed by atoms with Gasteiger partial charge in [-0.15, -0.1) is 10.2 Å². The highest BCUT2D eigenvalue weighted by molar-refractivity contribution is 6.33. The van der Waals surface area contributed by atoms with E-state index in [2.05, 4.69) is 15.1 Å². The third-order valence-corrected chi connectivity index (χ3v) is 8.04. The summed E-state index contributed by atoms with van der Waals surface area (Å²) in [7, 11) is 3.19. The van der Waals surface area contributed by atoms with Gasteiger partial charge in [-0.1, -0.05) is 54.1 Å². The second-order valence-electron chi connectivity index (χ2n) is 10.2. The number of methoxy groups -OCH3 is 2. The van der Waals surface area contributed by atoms with Gasteiger partial charge < -0.3 is 24.2 Å². The molecular weight excluding hydrogens is 566 g/mol. The fraction of sp³-hybridized carbons (Fsp3) is 0.273. The SMILES string of the molecule is COc1ccc(-c2ccc(N3CCN(C(=O)CN(C(=O)c4ccccc4Cl)[C@H](C)c4ccccc4)CC3)nn2)cc1OC. The summed E-state index contributed by atoms with van der Waals surface area (Å²) in [6, 6.07) is 25.8. The fourth-order valence-corrected chi connectivity index (χ4v) is 5.38. The van der Waals surface area contributed by atoms with Crippen molar-refractivity contribution in [2.24, 2.45) is 0 Å². The molecule has 0 unspecified atom stereocenters. The van der Waals surface area contributed by atoms with E-state index in [1.165, 1.54) is 0 Å². The molecule has 0 bridgehead atoms. The van der Waals surface area contributed by atoms with Gasteiger partial charge in [-0.3, -0.25) is 9.59 Å². The van der Waals surface area contributed by atoms with E-state index in [0.29, 0.717) is 54.0 Å². The van der Waals surface area contributed by atoms with E-state index in [1.807, 2.05) is 67.6 Å². The topological polar surface area (TPSA) is 88.1 Å². The molecule has 1 aliphatic heterocycles. The van der Waals surface area contributed by atoms with Crippen molar-refractivity contribution in [3.63, 3.8) is 0 Å². The van der Waals surface area contributed by atoms with Gasteiger partial charge >= 0.3 is 0 Å². The summed E-state index contributed by atoms with van der Waals surface area (Å²) in [5.74, 6) is 1.62. The average molecular weight is 600 g/mol. The van der Waals surface area contributed by atoms with Gasteiger partial charge in [0.15, 0.2) is 17.3 Å². The van der Waals surface area contributed by atoms with Gasteiger partial charge in [0.05, 0.1) is 36.5 Å². The van der Waals surface area contributed by atoms with Gasteiger partial charge in [-0.05, 0) is 55.0 Å². The summed E-state index contributed by atoms with van der Waals surface area (Å²) in [6.45, 7) is 4.09. The Balaban J connectivity index is 1.25. The number of hydrogen-bond acceptors (Lipinski definition) is 7. The largest absolute Gasteiger partial charge is 0.493 e. The number of anilines is 1. The number of halogens is 1. The van der Waals surface area contributed by atoms with Gasteiger partial charge in [-0.2, -0.15) is 0 Å². The first-order valence-electron chi connectivity index (χ1n) is 14.1. The third-order valence-electron chi connectivity index (χ3n) is 7.71. The van der Waals surface area contributed by atoms with Crippen LogP contribution in [0.1, 0.15) is 28.9 Å². The highest BCUT2D eigenvalue weighted by Crippen LogP contribution is 2.32. The third kappa shape index (κ3) is 6.73. The van der Waals surface area contributed by atoms with Crippen molar-refractivity contribution < 1.29 is 19.1 Å². The number of amides is 2. The van der Waals surface area contributed by atoms with Crippen molar-refractivity contribution in [1.29, 1.82) is 0 Å². The molecule has 9 nitrogen and oxygen atoms in total. The van der Waals surface area contributed by atoms with Crippen LogP contribution in [-0.4, -0.2) is 78.8 Å². The predicted octanol–water partition coefficient (Wildman–Crippen LogP) is 5.37. The zero-order chi connectivity index (χ0) is 30.3. The molecular formula is C33H34ClN5O4. The normalized spacial score (nSPS) is 13.8. The Hall–Kier alpha value is -4.63. The molecule has 1 aromatic heterocycles. The van der Waals surface area contributed by atoms with Crippen LogP contribution in [0.3, 0.4) is 0 Å². The van der Waals surface area contributed by atoms with Crippen molar-refractivity contribution in [3.8, 4) is 22.8 Å². The lowest BCUT2D eigenvalue weighted by molar-refractivity contribution is -0.132. The molecule has 1 fully saturated rings. The van der Waals surface area contributed by atoms with Gasteiger partial charge in [0.25, 0.3) is 5.91 Å². The number of carbonyl (C=O) groups excluding carboxylic acids is 2. The van der Waals surface area contributed by atoms with Gasteiger partial charge in [-0.25, -0.2) is 0 Å². The summed E-state index contributed by atoms with van der Waals surface area (Å²) < 4.78 is 10.7. The molecule has 10 heteroatoms. The minimum Gasteiger partial charge on any atom is -0.493 e. The van der Waals surface area contributed by atoms with Crippen LogP contribution >= 0.6 is 11.6 Å². The summed E-state index contributed by atoms with van der Waals surface area (Å²) >= 11 is 6.37. The summed E-state index contributed by atoms with van der Waals surface area (Å²) in [6.07, 6.45) is 0. The second kappa shape index (κ2) is 13.6. The van der Waals surface area contributed by atoms with Crippen molar-refractivity contribution >= 4 is 29.2 Å². The number of ether oxygens (including phenoxy) is 2. The minimum atomic E-state index is -0.324. The van der Waals surface area contributed by atoms with Crippen LogP contribution in [0.15, 0.2) is 84.9 Å². The van der Waals surface area contributed by atoms with Crippen LogP contribution < -0.4 is 14.4 Å². The molecule has 4 aromatic rings. The molecule has 3 aromatic carbocycles. The predicted molar refractivity (Wildman–Crippen MR) is 167 cm³/mol. The number of benzene rings is 3. The first-order valence-corrected chi connectivity index (χ1v) is 14.5. The van der Waals surface area contributed by atoms with Gasteiger partial charge in [0, 0.05) is 31.7 Å². The van der Waals surface area contributed by atoms with Crippen molar-refractivity contribution in [2.75, 3.05) is 51.8 Å². The number of hydrogen-bond donors (Lipinski definition) is 0. The number of piperazine rings is 1. The van der Waals surface area contributed by atoms with Crippen LogP contribution in [0, 0.1) is 0 Å². The van der Waals surface area contributed by atoms with E-state index in [1.54, 1.807) is 48.3 Å². The number of carbonyl (C=O) groups is 2. The first kappa shape index (κ1) is 29.8. The molecule has 2 amide bonds. The van der Waals surface area contributed by atoms with Crippen molar-refractivity contribution in [3.05, 3.63) is 101 Å². The lowest BCUT2D eigenvalue weighted by Crippen LogP contribution is -2.52. The Labute approximate surface area is 256 Å². The second-order valence-corrected chi connectivity index (χ2v) is 10.6. The summed E-state index contributed by atoms with van der Waals surface area (Å²) in [5, 5.41) is 9.24. The standard InChI is InChI=1S/C33H34ClN5O4/c1-23(24-9-5-4-6-10-24)39(33(41)26-11-7-8-12-27(26)34)22-32(40)38-19-17-37(18-20-38)31-16-14-28(35-36-31)25-13-15-29(42-2)30(21-25)43-3/h4-16,21,23H,17-20,22H2,1-3H3/t23-/m1/s1. The van der Waals surface area contributed by atoms with E-state index >= 15 is 0 Å². The first-order chi connectivity index (χ1) is 20.9. The van der Waals surface area contributed by atoms with Gasteiger partial charge in [0.1, 0.15) is 6.54 Å². The fourth-order valence-electron chi connectivity index (χ4n) is 5.16. The van der Waals surface area contributed by atoms with Gasteiger partial charge in [0.2, 0.25) is 5.91 Å². The Morgan fingerprint density at radius 3 is 2.21 bits per heavy atom. The summed E-state index contributed by atoms with van der Waals surface area (Å²) in [5.41, 5.74) is 2.90. The van der Waals surface area contributed by atoms with Crippen LogP contribution in [0.5, 0.6) is 11.5 Å². The van der Waals surface area contributed by atoms with E-state index in [0.717, 1.165) is 16.9 Å². The molecule has 0 saturated carbocycles. The quantitative estimate of drug-likeness (QED) is 0.256. The highest BCUT2D eigenvalue weighted by Gasteiger charge is 2.30. The molecule has 5 rings (SSSR count). The van der Waals surface area contributed by atoms with Crippen molar-refractivity contribution in [2.45, 2.75) is 13.0 Å². The monoisotopic (exact) mass is 599 g/mol. The van der Waals surface area contributed by atoms with Crippen LogP contribution in [0.2, 0.25) is 5.02 Å². The Morgan fingerprint density at radius 1 is 0.860 bits per heavy atom. The smallest absolute Gasteiger partial charge is 0.256 e. The Kier molecular flexibility index (Phi) is 9.41. The van der Waals surface area contributed by atoms with Crippen LogP contribution in [0.25, 0.3) is 11.3 Å². The van der Waals surface area contributed by atoms with E-state index in [4.69, 9.17) is 21.1 Å².